The van der Waals surface area contributed by atoms with Gasteiger partial charge < -0.3 is 4.74 Å². The number of amides is 1. The number of nitrogens with one attached hydrogen (secondary N) is 1. The smallest absolute Gasteiger partial charge is 0.271 e. The van der Waals surface area contributed by atoms with Crippen molar-refractivity contribution in [2.75, 3.05) is 7.11 Å². The van der Waals surface area contributed by atoms with Crippen LogP contribution in [0, 0.1) is 0 Å². The number of hydrogen-bond donors (Lipinski definition) is 1. The number of methoxy groups -OCH3 is 1. The number of nitrogens with zero attached hydrogens (tertiary/aromatic N) is 2. The van der Waals surface area contributed by atoms with Gasteiger partial charge in [0.2, 0.25) is 0 Å². The third kappa shape index (κ3) is 3.64. The minimum absolute atomic E-state index is 0.294. The highest BCUT2D eigenvalue weighted by atomic mass is 79.9. The molecule has 1 aromatic heterocycles. The Kier molecular flexibility index (Phi) is 4.84. The van der Waals surface area contributed by atoms with E-state index in [1.807, 2.05) is 18.2 Å². The largest absolute Gasteiger partial charge is 0.496 e. The van der Waals surface area contributed by atoms with Crippen molar-refractivity contribution in [3.63, 3.8) is 0 Å². The van der Waals surface area contributed by atoms with Gasteiger partial charge in [-0.15, -0.1) is 0 Å². The van der Waals surface area contributed by atoms with E-state index in [9.17, 15) is 4.79 Å². The first-order valence-electron chi connectivity index (χ1n) is 5.77. The Labute approximate surface area is 124 Å². The number of carbonyl (C=O) groups is 1. The van der Waals surface area contributed by atoms with E-state index in [1.165, 1.54) is 6.21 Å². The van der Waals surface area contributed by atoms with Crippen LogP contribution < -0.4 is 10.2 Å². The Hall–Kier alpha value is -2.21. The summed E-state index contributed by atoms with van der Waals surface area (Å²) in [6, 6.07) is 8.76. The maximum absolute atomic E-state index is 11.8. The fraction of sp³-hybridized carbons (Fsp3) is 0.0714. The van der Waals surface area contributed by atoms with Gasteiger partial charge in [-0.25, -0.2) is 5.43 Å². The molecule has 0 aliphatic carbocycles. The summed E-state index contributed by atoms with van der Waals surface area (Å²) in [6.45, 7) is 0. The van der Waals surface area contributed by atoms with Crippen LogP contribution in [-0.2, 0) is 0 Å². The van der Waals surface area contributed by atoms with Crippen LogP contribution in [-0.4, -0.2) is 24.2 Å². The molecule has 1 amide bonds. The summed E-state index contributed by atoms with van der Waals surface area (Å²) < 4.78 is 6.11. The van der Waals surface area contributed by atoms with E-state index < -0.39 is 0 Å². The third-order valence-corrected chi connectivity index (χ3v) is 3.00. The van der Waals surface area contributed by atoms with Crippen molar-refractivity contribution in [2.45, 2.75) is 0 Å². The van der Waals surface area contributed by atoms with Crippen LogP contribution in [0.2, 0.25) is 0 Å². The number of rotatable bonds is 4. The zero-order valence-electron chi connectivity index (χ0n) is 10.7. The maximum Gasteiger partial charge on any atom is 0.271 e. The molecule has 6 heteroatoms. The van der Waals surface area contributed by atoms with Gasteiger partial charge in [0.15, 0.2) is 0 Å². The van der Waals surface area contributed by atoms with E-state index >= 15 is 0 Å². The normalized spacial score (nSPS) is 10.5. The maximum atomic E-state index is 11.8. The number of pyridine rings is 1. The van der Waals surface area contributed by atoms with Crippen molar-refractivity contribution in [3.05, 3.63) is 58.3 Å². The van der Waals surface area contributed by atoms with Gasteiger partial charge in [-0.3, -0.25) is 9.78 Å². The molecule has 2 aromatic rings. The van der Waals surface area contributed by atoms with Gasteiger partial charge in [-0.05, 0) is 30.3 Å². The second-order valence-corrected chi connectivity index (χ2v) is 4.74. The summed E-state index contributed by atoms with van der Waals surface area (Å²) in [7, 11) is 1.58. The first-order valence-corrected chi connectivity index (χ1v) is 6.57. The number of hydrazone groups is 1. The lowest BCUT2D eigenvalue weighted by Gasteiger charge is -2.04. The quantitative estimate of drug-likeness (QED) is 0.691. The third-order valence-electron chi connectivity index (χ3n) is 2.50. The standard InChI is InChI=1S/C14H12BrN3O2/c1-20-13-3-2-12(15)8-11(13)9-17-18-14(19)10-4-6-16-7-5-10/h2-9H,1H3,(H,18,19)/b17-9+. The molecular formula is C14H12BrN3O2. The first kappa shape index (κ1) is 14.2. The average Bonchev–Trinajstić information content (AvgIpc) is 2.48. The minimum Gasteiger partial charge on any atom is -0.496 e. The van der Waals surface area contributed by atoms with E-state index in [1.54, 1.807) is 31.6 Å². The van der Waals surface area contributed by atoms with Crippen molar-refractivity contribution < 1.29 is 9.53 Å². The molecule has 0 spiro atoms. The molecule has 0 atom stereocenters. The molecule has 5 nitrogen and oxygen atoms in total. The molecule has 2 rings (SSSR count). The molecule has 0 aliphatic rings. The van der Waals surface area contributed by atoms with Crippen molar-refractivity contribution in [3.8, 4) is 5.75 Å². The highest BCUT2D eigenvalue weighted by Crippen LogP contribution is 2.21. The van der Waals surface area contributed by atoms with E-state index in [0.29, 0.717) is 11.3 Å². The van der Waals surface area contributed by atoms with Crippen molar-refractivity contribution in [1.29, 1.82) is 0 Å². The fourth-order valence-electron chi connectivity index (χ4n) is 1.53. The van der Waals surface area contributed by atoms with Gasteiger partial charge in [-0.1, -0.05) is 15.9 Å². The Bertz CT molecular complexity index is 630. The number of benzene rings is 1. The summed E-state index contributed by atoms with van der Waals surface area (Å²) in [5, 5.41) is 3.92. The molecule has 0 radical (unpaired) electrons. The molecule has 0 saturated heterocycles. The zero-order chi connectivity index (χ0) is 14.4. The summed E-state index contributed by atoms with van der Waals surface area (Å²) >= 11 is 3.37. The fourth-order valence-corrected chi connectivity index (χ4v) is 1.91. The van der Waals surface area contributed by atoms with E-state index in [2.05, 4.69) is 31.4 Å². The van der Waals surface area contributed by atoms with Crippen LogP contribution in [0.5, 0.6) is 5.75 Å². The Morgan fingerprint density at radius 3 is 2.80 bits per heavy atom. The van der Waals surface area contributed by atoms with Crippen LogP contribution in [0.1, 0.15) is 15.9 Å². The molecule has 0 unspecified atom stereocenters. The van der Waals surface area contributed by atoms with Crippen LogP contribution in [0.15, 0.2) is 52.3 Å². The molecule has 0 bridgehead atoms. The van der Waals surface area contributed by atoms with Gasteiger partial charge in [0.05, 0.1) is 13.3 Å². The van der Waals surface area contributed by atoms with Crippen LogP contribution >= 0.6 is 15.9 Å². The van der Waals surface area contributed by atoms with E-state index in [0.717, 1.165) is 10.0 Å². The predicted molar refractivity (Wildman–Crippen MR) is 80.0 cm³/mol. The van der Waals surface area contributed by atoms with Crippen LogP contribution in [0.4, 0.5) is 0 Å². The second kappa shape index (κ2) is 6.81. The van der Waals surface area contributed by atoms with Gasteiger partial charge >= 0.3 is 0 Å². The summed E-state index contributed by atoms with van der Waals surface area (Å²) in [5.41, 5.74) is 3.71. The number of ether oxygens (including phenoxy) is 1. The van der Waals surface area contributed by atoms with Crippen LogP contribution in [0.3, 0.4) is 0 Å². The number of halogens is 1. The molecular weight excluding hydrogens is 322 g/mol. The van der Waals surface area contributed by atoms with Crippen molar-refractivity contribution in [2.24, 2.45) is 5.10 Å². The second-order valence-electron chi connectivity index (χ2n) is 3.82. The number of carbonyl (C=O) groups excluding carboxylic acids is 1. The molecule has 1 N–H and O–H groups in total. The molecule has 0 saturated carbocycles. The zero-order valence-corrected chi connectivity index (χ0v) is 12.3. The lowest BCUT2D eigenvalue weighted by Crippen LogP contribution is -2.17. The average molecular weight is 334 g/mol. The lowest BCUT2D eigenvalue weighted by molar-refractivity contribution is 0.0955. The van der Waals surface area contributed by atoms with Gasteiger partial charge in [0.1, 0.15) is 5.75 Å². The highest BCUT2D eigenvalue weighted by Gasteiger charge is 2.03. The summed E-state index contributed by atoms with van der Waals surface area (Å²) in [5.74, 6) is 0.382. The monoisotopic (exact) mass is 333 g/mol. The summed E-state index contributed by atoms with van der Waals surface area (Å²) in [4.78, 5) is 15.6. The highest BCUT2D eigenvalue weighted by molar-refractivity contribution is 9.10. The van der Waals surface area contributed by atoms with Gasteiger partial charge in [-0.2, -0.15) is 5.10 Å². The first-order chi connectivity index (χ1) is 9.70. The lowest BCUT2D eigenvalue weighted by atomic mass is 10.2. The van der Waals surface area contributed by atoms with E-state index in [-0.39, 0.29) is 5.91 Å². The van der Waals surface area contributed by atoms with Gasteiger partial charge in [0.25, 0.3) is 5.91 Å². The minimum atomic E-state index is -0.294. The van der Waals surface area contributed by atoms with Crippen molar-refractivity contribution in [1.82, 2.24) is 10.4 Å². The number of hydrogen-bond acceptors (Lipinski definition) is 4. The Morgan fingerprint density at radius 1 is 1.35 bits per heavy atom. The molecule has 1 heterocycles. The predicted octanol–water partition coefficient (Wildman–Crippen LogP) is 2.62. The number of aromatic nitrogens is 1. The molecule has 20 heavy (non-hydrogen) atoms. The topological polar surface area (TPSA) is 63.6 Å². The Morgan fingerprint density at radius 2 is 2.10 bits per heavy atom. The van der Waals surface area contributed by atoms with Gasteiger partial charge in [0, 0.05) is 28.0 Å². The molecule has 102 valence electrons. The molecule has 0 fully saturated rings. The van der Waals surface area contributed by atoms with E-state index in [4.69, 9.17) is 4.74 Å². The molecule has 0 aliphatic heterocycles. The molecule has 1 aromatic carbocycles. The van der Waals surface area contributed by atoms with Crippen molar-refractivity contribution >= 4 is 28.1 Å². The SMILES string of the molecule is COc1ccc(Br)cc1/C=N/NC(=O)c1ccncc1. The van der Waals surface area contributed by atoms with Crippen LogP contribution in [0.25, 0.3) is 0 Å². The Balaban J connectivity index is 2.07. The summed E-state index contributed by atoms with van der Waals surface area (Å²) in [6.07, 6.45) is 4.63.